The Morgan fingerprint density at radius 1 is 1.31 bits per heavy atom. The summed E-state index contributed by atoms with van der Waals surface area (Å²) in [6, 6.07) is 6.16. The molecule has 1 fully saturated rings. The summed E-state index contributed by atoms with van der Waals surface area (Å²) in [7, 11) is 0. The molecule has 0 spiro atoms. The van der Waals surface area contributed by atoms with E-state index in [1.165, 1.54) is 4.90 Å². The molecule has 1 aliphatic heterocycles. The summed E-state index contributed by atoms with van der Waals surface area (Å²) in [5.41, 5.74) is -0.839. The Bertz CT molecular complexity index is 618. The maximum Gasteiger partial charge on any atom is 0.401 e. The Morgan fingerprint density at radius 3 is 2.50 bits per heavy atom. The number of aliphatic hydroxyl groups is 1. The number of urea groups is 1. The molecule has 146 valence electrons. The van der Waals surface area contributed by atoms with Crippen molar-refractivity contribution in [3.63, 3.8) is 0 Å². The van der Waals surface area contributed by atoms with E-state index in [1.807, 2.05) is 0 Å². The zero-order chi connectivity index (χ0) is 19.4. The smallest absolute Gasteiger partial charge is 0.384 e. The van der Waals surface area contributed by atoms with Crippen molar-refractivity contribution < 1.29 is 23.1 Å². The normalized spacial score (nSPS) is 19.0. The fourth-order valence-electron chi connectivity index (χ4n) is 2.97. The Labute approximate surface area is 155 Å². The first-order chi connectivity index (χ1) is 12.1. The van der Waals surface area contributed by atoms with Gasteiger partial charge >= 0.3 is 12.2 Å². The van der Waals surface area contributed by atoms with E-state index in [1.54, 1.807) is 31.2 Å². The highest BCUT2D eigenvalue weighted by Crippen LogP contribution is 2.27. The summed E-state index contributed by atoms with van der Waals surface area (Å²) in [6.07, 6.45) is -3.31. The number of benzene rings is 1. The molecule has 1 aliphatic rings. The van der Waals surface area contributed by atoms with Gasteiger partial charge < -0.3 is 15.7 Å². The lowest BCUT2D eigenvalue weighted by Gasteiger charge is -2.33. The third kappa shape index (κ3) is 6.34. The monoisotopic (exact) mass is 393 g/mol. The van der Waals surface area contributed by atoms with Gasteiger partial charge in [-0.1, -0.05) is 29.8 Å². The quantitative estimate of drug-likeness (QED) is 0.720. The fourth-order valence-corrected chi connectivity index (χ4v) is 3.31. The number of rotatable bonds is 5. The van der Waals surface area contributed by atoms with Crippen molar-refractivity contribution in [1.82, 2.24) is 15.5 Å². The maximum atomic E-state index is 12.4. The van der Waals surface area contributed by atoms with E-state index in [0.29, 0.717) is 23.4 Å². The highest BCUT2D eigenvalue weighted by Gasteiger charge is 2.33. The van der Waals surface area contributed by atoms with Crippen LogP contribution in [0.5, 0.6) is 0 Å². The first kappa shape index (κ1) is 20.8. The highest BCUT2D eigenvalue weighted by molar-refractivity contribution is 6.31. The van der Waals surface area contributed by atoms with Crippen molar-refractivity contribution in [3.8, 4) is 0 Å². The standard InChI is InChI=1S/C17H23ClF3N3O2/c1-16(26,13-4-2-3-5-14(13)18)10-22-15(25)23-12-6-8-24(9-7-12)11-17(19,20)21/h2-5,12,26H,6-11H2,1H3,(H2,22,23,25)/t16-/m1/s1. The predicted molar refractivity (Wildman–Crippen MR) is 93.1 cm³/mol. The Morgan fingerprint density at radius 2 is 1.92 bits per heavy atom. The number of amides is 2. The number of nitrogens with zero attached hydrogens (tertiary/aromatic N) is 1. The Hall–Kier alpha value is -1.51. The van der Waals surface area contributed by atoms with Gasteiger partial charge in [0.15, 0.2) is 0 Å². The number of hydrogen-bond acceptors (Lipinski definition) is 3. The third-order valence-corrected chi connectivity index (χ3v) is 4.70. The molecule has 1 aromatic rings. The first-order valence-electron chi connectivity index (χ1n) is 8.38. The number of alkyl halides is 3. The van der Waals surface area contributed by atoms with E-state index in [4.69, 9.17) is 11.6 Å². The van der Waals surface area contributed by atoms with Crippen LogP contribution in [-0.4, -0.2) is 54.4 Å². The van der Waals surface area contributed by atoms with E-state index in [2.05, 4.69) is 10.6 Å². The molecule has 5 nitrogen and oxygen atoms in total. The number of hydrogen-bond donors (Lipinski definition) is 3. The van der Waals surface area contributed by atoms with Gasteiger partial charge in [-0.2, -0.15) is 13.2 Å². The molecule has 0 unspecified atom stereocenters. The van der Waals surface area contributed by atoms with Gasteiger partial charge in [-0.25, -0.2) is 4.79 Å². The van der Waals surface area contributed by atoms with Crippen molar-refractivity contribution >= 4 is 17.6 Å². The number of nitrogens with one attached hydrogen (secondary N) is 2. The minimum atomic E-state index is -4.21. The molecule has 0 aromatic heterocycles. The molecule has 9 heteroatoms. The van der Waals surface area contributed by atoms with Gasteiger partial charge in [-0.05, 0) is 25.8 Å². The van der Waals surface area contributed by atoms with E-state index >= 15 is 0 Å². The van der Waals surface area contributed by atoms with Crippen LogP contribution >= 0.6 is 11.6 Å². The van der Waals surface area contributed by atoms with Crippen LogP contribution in [-0.2, 0) is 5.60 Å². The predicted octanol–water partition coefficient (Wildman–Crippen LogP) is 2.87. The lowest BCUT2D eigenvalue weighted by atomic mass is 9.96. The van der Waals surface area contributed by atoms with Crippen LogP contribution in [0, 0.1) is 0 Å². The zero-order valence-electron chi connectivity index (χ0n) is 14.4. The molecular weight excluding hydrogens is 371 g/mol. The highest BCUT2D eigenvalue weighted by atomic mass is 35.5. The summed E-state index contributed by atoms with van der Waals surface area (Å²) in [4.78, 5) is 13.4. The number of carbonyl (C=O) groups excluding carboxylic acids is 1. The Balaban J connectivity index is 1.77. The van der Waals surface area contributed by atoms with Gasteiger partial charge in [-0.3, -0.25) is 4.90 Å². The number of halogens is 4. The summed E-state index contributed by atoms with van der Waals surface area (Å²) in [6.45, 7) is 1.13. The average molecular weight is 394 g/mol. The molecule has 1 aromatic carbocycles. The van der Waals surface area contributed by atoms with Gasteiger partial charge in [0, 0.05) is 29.7 Å². The third-order valence-electron chi connectivity index (χ3n) is 4.37. The molecule has 0 saturated carbocycles. The number of piperidine rings is 1. The van der Waals surface area contributed by atoms with Crippen LogP contribution in [0.2, 0.25) is 5.02 Å². The van der Waals surface area contributed by atoms with Crippen LogP contribution in [0.15, 0.2) is 24.3 Å². The topological polar surface area (TPSA) is 64.6 Å². The van der Waals surface area contributed by atoms with Crippen molar-refractivity contribution in [2.24, 2.45) is 0 Å². The second kappa shape index (κ2) is 8.45. The fraction of sp³-hybridized carbons (Fsp3) is 0.588. The lowest BCUT2D eigenvalue weighted by molar-refractivity contribution is -0.148. The first-order valence-corrected chi connectivity index (χ1v) is 8.75. The van der Waals surface area contributed by atoms with Crippen LogP contribution in [0.4, 0.5) is 18.0 Å². The van der Waals surface area contributed by atoms with Gasteiger partial charge in [0.05, 0.1) is 13.1 Å². The SMILES string of the molecule is C[C@@](O)(CNC(=O)NC1CCN(CC(F)(F)F)CC1)c1ccccc1Cl. The number of likely N-dealkylation sites (tertiary alicyclic amines) is 1. The average Bonchev–Trinajstić information content (AvgIpc) is 2.54. The molecule has 3 N–H and O–H groups in total. The van der Waals surface area contributed by atoms with Crippen LogP contribution in [0.1, 0.15) is 25.3 Å². The Kier molecular flexibility index (Phi) is 6.76. The summed E-state index contributed by atoms with van der Waals surface area (Å²) in [5.74, 6) is 0. The maximum absolute atomic E-state index is 12.4. The van der Waals surface area contributed by atoms with Crippen molar-refractivity contribution in [3.05, 3.63) is 34.9 Å². The largest absolute Gasteiger partial charge is 0.401 e. The van der Waals surface area contributed by atoms with Crippen LogP contribution in [0.3, 0.4) is 0 Å². The van der Waals surface area contributed by atoms with Crippen molar-refractivity contribution in [1.29, 1.82) is 0 Å². The van der Waals surface area contributed by atoms with E-state index in [0.717, 1.165) is 0 Å². The zero-order valence-corrected chi connectivity index (χ0v) is 15.2. The van der Waals surface area contributed by atoms with E-state index < -0.39 is 24.4 Å². The van der Waals surface area contributed by atoms with Gasteiger partial charge in [0.2, 0.25) is 0 Å². The van der Waals surface area contributed by atoms with Gasteiger partial charge in [-0.15, -0.1) is 0 Å². The number of carbonyl (C=O) groups is 1. The van der Waals surface area contributed by atoms with Crippen molar-refractivity contribution in [2.45, 2.75) is 37.6 Å². The molecule has 1 heterocycles. The molecule has 2 amide bonds. The van der Waals surface area contributed by atoms with Crippen LogP contribution < -0.4 is 10.6 Å². The second-order valence-corrected chi connectivity index (χ2v) is 7.15. The summed E-state index contributed by atoms with van der Waals surface area (Å²) in [5, 5.41) is 16.3. The molecule has 26 heavy (non-hydrogen) atoms. The van der Waals surface area contributed by atoms with Gasteiger partial charge in [0.25, 0.3) is 0 Å². The minimum absolute atomic E-state index is 0.0461. The van der Waals surface area contributed by atoms with E-state index in [9.17, 15) is 23.1 Å². The molecule has 2 rings (SSSR count). The van der Waals surface area contributed by atoms with Crippen molar-refractivity contribution in [2.75, 3.05) is 26.2 Å². The molecular formula is C17H23ClF3N3O2. The summed E-state index contributed by atoms with van der Waals surface area (Å²) < 4.78 is 37.1. The molecule has 1 atom stereocenters. The second-order valence-electron chi connectivity index (χ2n) is 6.75. The van der Waals surface area contributed by atoms with E-state index in [-0.39, 0.29) is 25.7 Å². The lowest BCUT2D eigenvalue weighted by Crippen LogP contribution is -2.51. The molecule has 1 saturated heterocycles. The summed E-state index contributed by atoms with van der Waals surface area (Å²) >= 11 is 6.07. The van der Waals surface area contributed by atoms with Crippen LogP contribution in [0.25, 0.3) is 0 Å². The molecule has 0 aliphatic carbocycles. The van der Waals surface area contributed by atoms with Gasteiger partial charge in [0.1, 0.15) is 5.60 Å². The molecule has 0 radical (unpaired) electrons. The molecule has 0 bridgehead atoms. The minimum Gasteiger partial charge on any atom is -0.384 e.